The molecular formula is C19H38O4. The van der Waals surface area contributed by atoms with Crippen LogP contribution >= 0.6 is 0 Å². The van der Waals surface area contributed by atoms with Crippen molar-refractivity contribution >= 4 is 0 Å². The summed E-state index contributed by atoms with van der Waals surface area (Å²) < 4.78 is 24.3. The first-order valence-electron chi connectivity index (χ1n) is 9.74. The lowest BCUT2D eigenvalue weighted by atomic mass is 10.1. The van der Waals surface area contributed by atoms with Crippen molar-refractivity contribution in [3.05, 3.63) is 0 Å². The molecule has 0 N–H and O–H groups in total. The summed E-state index contributed by atoms with van der Waals surface area (Å²) in [6.45, 7) is 11.7. The molecule has 0 saturated carbocycles. The van der Waals surface area contributed by atoms with Crippen molar-refractivity contribution in [2.45, 2.75) is 97.1 Å². The molecule has 4 heteroatoms. The molecule has 0 bridgehead atoms. The van der Waals surface area contributed by atoms with Crippen LogP contribution in [0.2, 0.25) is 0 Å². The molecule has 4 nitrogen and oxygen atoms in total. The Labute approximate surface area is 143 Å². The molecule has 0 spiro atoms. The molecule has 1 heterocycles. The number of hydrogen-bond donors (Lipinski definition) is 0. The Kier molecular flexibility index (Phi) is 12.0. The fraction of sp³-hybridized carbons (Fsp3) is 1.00. The Hall–Kier alpha value is -0.160. The summed E-state index contributed by atoms with van der Waals surface area (Å²) in [4.78, 5) is 0. The van der Waals surface area contributed by atoms with E-state index in [1.165, 1.54) is 0 Å². The molecule has 138 valence electrons. The van der Waals surface area contributed by atoms with E-state index < -0.39 is 0 Å². The highest BCUT2D eigenvalue weighted by atomic mass is 16.6. The molecule has 0 radical (unpaired) electrons. The predicted octanol–water partition coefficient (Wildman–Crippen LogP) is 4.35. The van der Waals surface area contributed by atoms with Gasteiger partial charge < -0.3 is 18.9 Å². The lowest BCUT2D eigenvalue weighted by molar-refractivity contribution is -0.0795. The molecule has 0 aromatic rings. The Morgan fingerprint density at radius 3 is 1.74 bits per heavy atom. The second-order valence-electron chi connectivity index (χ2n) is 6.43. The van der Waals surface area contributed by atoms with E-state index in [-0.39, 0.29) is 24.4 Å². The first kappa shape index (κ1) is 20.9. The summed E-state index contributed by atoms with van der Waals surface area (Å²) in [7, 11) is 0. The maximum Gasteiger partial charge on any atom is 0.115 e. The van der Waals surface area contributed by atoms with Crippen molar-refractivity contribution in [1.29, 1.82) is 0 Å². The molecule has 0 aromatic carbocycles. The van der Waals surface area contributed by atoms with E-state index in [2.05, 4.69) is 27.7 Å². The summed E-state index contributed by atoms with van der Waals surface area (Å²) in [6, 6.07) is 0. The normalized spacial score (nSPS) is 27.7. The zero-order chi connectivity index (χ0) is 16.9. The molecule has 2 unspecified atom stereocenters. The number of ether oxygens (including phenoxy) is 4. The zero-order valence-electron chi connectivity index (χ0n) is 15.7. The van der Waals surface area contributed by atoms with Crippen LogP contribution in [0.3, 0.4) is 0 Å². The molecule has 0 aromatic heterocycles. The second-order valence-corrected chi connectivity index (χ2v) is 6.43. The molecule has 1 aliphatic rings. The van der Waals surface area contributed by atoms with Crippen molar-refractivity contribution in [2.75, 3.05) is 26.4 Å². The topological polar surface area (TPSA) is 36.9 Å². The molecule has 1 saturated heterocycles. The van der Waals surface area contributed by atoms with Gasteiger partial charge in [0.2, 0.25) is 0 Å². The molecule has 0 aliphatic carbocycles. The Bertz CT molecular complexity index is 272. The molecule has 1 fully saturated rings. The summed E-state index contributed by atoms with van der Waals surface area (Å²) >= 11 is 0. The molecule has 1 aliphatic heterocycles. The van der Waals surface area contributed by atoms with Gasteiger partial charge in [-0.1, -0.05) is 47.0 Å². The second kappa shape index (κ2) is 13.2. The van der Waals surface area contributed by atoms with Crippen molar-refractivity contribution < 1.29 is 18.9 Å². The van der Waals surface area contributed by atoms with E-state index in [1.54, 1.807) is 0 Å². The van der Waals surface area contributed by atoms with Gasteiger partial charge in [0.05, 0.1) is 12.7 Å². The van der Waals surface area contributed by atoms with Crippen molar-refractivity contribution in [1.82, 2.24) is 0 Å². The van der Waals surface area contributed by atoms with E-state index in [0.29, 0.717) is 6.61 Å². The predicted molar refractivity (Wildman–Crippen MR) is 94.0 cm³/mol. The van der Waals surface area contributed by atoms with Crippen molar-refractivity contribution in [3.8, 4) is 0 Å². The lowest BCUT2D eigenvalue weighted by Gasteiger charge is -2.24. The van der Waals surface area contributed by atoms with Gasteiger partial charge in [-0.15, -0.1) is 0 Å². The molecule has 0 amide bonds. The Morgan fingerprint density at radius 1 is 0.696 bits per heavy atom. The summed E-state index contributed by atoms with van der Waals surface area (Å²) in [5, 5.41) is 0. The van der Waals surface area contributed by atoms with Gasteiger partial charge in [-0.25, -0.2) is 0 Å². The monoisotopic (exact) mass is 330 g/mol. The van der Waals surface area contributed by atoms with Crippen LogP contribution in [0.1, 0.15) is 72.6 Å². The van der Waals surface area contributed by atoms with E-state index in [9.17, 15) is 0 Å². The van der Waals surface area contributed by atoms with Crippen LogP contribution in [0, 0.1) is 0 Å². The van der Waals surface area contributed by atoms with Crippen molar-refractivity contribution in [3.63, 3.8) is 0 Å². The molecule has 4 atom stereocenters. The van der Waals surface area contributed by atoms with Gasteiger partial charge in [0, 0.05) is 19.8 Å². The van der Waals surface area contributed by atoms with Crippen LogP contribution in [0.4, 0.5) is 0 Å². The number of rotatable bonds is 14. The van der Waals surface area contributed by atoms with Gasteiger partial charge in [-0.05, 0) is 25.7 Å². The van der Waals surface area contributed by atoms with Gasteiger partial charge in [-0.3, -0.25) is 0 Å². The van der Waals surface area contributed by atoms with Crippen LogP contribution < -0.4 is 0 Å². The summed E-state index contributed by atoms with van der Waals surface area (Å²) in [6.07, 6.45) is 7.84. The Balaban J connectivity index is 2.57. The SMILES string of the molecule is CCCCOC[C@H]1O[C@@H](CC)C(OCCCC)C1OCCCC. The minimum atomic E-state index is 0.000267. The fourth-order valence-corrected chi connectivity index (χ4v) is 2.84. The molecule has 23 heavy (non-hydrogen) atoms. The van der Waals surface area contributed by atoms with Gasteiger partial charge in [0.15, 0.2) is 0 Å². The van der Waals surface area contributed by atoms with Crippen LogP contribution in [0.5, 0.6) is 0 Å². The average molecular weight is 331 g/mol. The first-order valence-corrected chi connectivity index (χ1v) is 9.74. The average Bonchev–Trinajstić information content (AvgIpc) is 2.89. The largest absolute Gasteiger partial charge is 0.379 e. The number of hydrogen-bond acceptors (Lipinski definition) is 4. The van der Waals surface area contributed by atoms with Gasteiger partial charge in [-0.2, -0.15) is 0 Å². The first-order chi connectivity index (χ1) is 11.3. The van der Waals surface area contributed by atoms with E-state index in [0.717, 1.165) is 64.8 Å². The van der Waals surface area contributed by atoms with Crippen LogP contribution in [0.25, 0.3) is 0 Å². The fourth-order valence-electron chi connectivity index (χ4n) is 2.84. The minimum absolute atomic E-state index is 0.000267. The van der Waals surface area contributed by atoms with Crippen LogP contribution in [-0.2, 0) is 18.9 Å². The highest BCUT2D eigenvalue weighted by Gasteiger charge is 2.45. The third-order valence-corrected chi connectivity index (χ3v) is 4.35. The molecular weight excluding hydrogens is 292 g/mol. The van der Waals surface area contributed by atoms with E-state index in [1.807, 2.05) is 0 Å². The number of unbranched alkanes of at least 4 members (excludes halogenated alkanes) is 3. The van der Waals surface area contributed by atoms with E-state index >= 15 is 0 Å². The maximum absolute atomic E-state index is 6.20. The van der Waals surface area contributed by atoms with Gasteiger partial charge >= 0.3 is 0 Å². The van der Waals surface area contributed by atoms with Crippen molar-refractivity contribution in [2.24, 2.45) is 0 Å². The third kappa shape index (κ3) is 7.51. The zero-order valence-corrected chi connectivity index (χ0v) is 15.7. The quantitative estimate of drug-likeness (QED) is 0.444. The van der Waals surface area contributed by atoms with E-state index in [4.69, 9.17) is 18.9 Å². The lowest BCUT2D eigenvalue weighted by Crippen LogP contribution is -2.39. The highest BCUT2D eigenvalue weighted by Crippen LogP contribution is 2.29. The third-order valence-electron chi connectivity index (χ3n) is 4.35. The van der Waals surface area contributed by atoms with Gasteiger partial charge in [0.1, 0.15) is 18.3 Å². The summed E-state index contributed by atoms with van der Waals surface area (Å²) in [5.74, 6) is 0. The molecule has 1 rings (SSSR count). The minimum Gasteiger partial charge on any atom is -0.379 e. The highest BCUT2D eigenvalue weighted by molar-refractivity contribution is 4.92. The van der Waals surface area contributed by atoms with Gasteiger partial charge in [0.25, 0.3) is 0 Å². The summed E-state index contributed by atoms with van der Waals surface area (Å²) in [5.41, 5.74) is 0. The van der Waals surface area contributed by atoms with Crippen LogP contribution in [0.15, 0.2) is 0 Å². The maximum atomic E-state index is 6.20. The van der Waals surface area contributed by atoms with Crippen LogP contribution in [-0.4, -0.2) is 50.8 Å². The standard InChI is InChI=1S/C19H38O4/c1-5-9-12-20-15-17-19(22-14-11-7-3)18(16(8-4)23-17)21-13-10-6-2/h16-19H,5-15H2,1-4H3/t16-,17+,18?,19?/m0/s1. The smallest absolute Gasteiger partial charge is 0.115 e. The Morgan fingerprint density at radius 2 is 1.22 bits per heavy atom.